The van der Waals surface area contributed by atoms with Crippen LogP contribution >= 0.6 is 22.9 Å². The maximum Gasteiger partial charge on any atom is 0.271 e. The second kappa shape index (κ2) is 5.79. The quantitative estimate of drug-likeness (QED) is 0.624. The summed E-state index contributed by atoms with van der Waals surface area (Å²) in [7, 11) is 0. The summed E-state index contributed by atoms with van der Waals surface area (Å²) < 4.78 is 14.5. The highest BCUT2D eigenvalue weighted by Gasteiger charge is 2.27. The summed E-state index contributed by atoms with van der Waals surface area (Å²) in [4.78, 5) is 12.4. The molecule has 0 aliphatic carbocycles. The molecule has 1 aromatic carbocycles. The minimum Gasteiger partial charge on any atom is -0.611 e. The van der Waals surface area contributed by atoms with E-state index in [9.17, 15) is 9.35 Å². The Hall–Kier alpha value is -1.60. The molecule has 0 fully saturated rings. The number of aromatic nitrogens is 2. The number of hydrogen-bond donors (Lipinski definition) is 0. The molecule has 0 bridgehead atoms. The van der Waals surface area contributed by atoms with Crippen molar-refractivity contribution in [3.8, 4) is 16.9 Å². The first kappa shape index (κ1) is 15.0. The third-order valence-electron chi connectivity index (χ3n) is 3.73. The number of fused-ring (bicyclic) bond motifs is 3. The van der Waals surface area contributed by atoms with Gasteiger partial charge in [0.25, 0.3) is 5.56 Å². The first-order valence-electron chi connectivity index (χ1n) is 6.99. The van der Waals surface area contributed by atoms with Crippen molar-refractivity contribution in [3.05, 3.63) is 62.7 Å². The Labute approximate surface area is 144 Å². The lowest BCUT2D eigenvalue weighted by Gasteiger charge is -2.09. The van der Waals surface area contributed by atoms with E-state index >= 15 is 0 Å². The lowest BCUT2D eigenvalue weighted by Crippen LogP contribution is -2.22. The molecule has 0 saturated carbocycles. The van der Waals surface area contributed by atoms with Crippen molar-refractivity contribution < 1.29 is 4.55 Å². The number of benzene rings is 1. The van der Waals surface area contributed by atoms with E-state index in [1.54, 1.807) is 30.3 Å². The molecular weight excluding hydrogens is 352 g/mol. The van der Waals surface area contributed by atoms with Crippen molar-refractivity contribution in [2.45, 2.75) is 10.6 Å². The zero-order chi connectivity index (χ0) is 16.0. The average Bonchev–Trinajstić information content (AvgIpc) is 2.99. The first-order valence-corrected chi connectivity index (χ1v) is 9.56. The Bertz CT molecular complexity index is 934. The van der Waals surface area contributed by atoms with Crippen LogP contribution in [0.15, 0.2) is 50.8 Å². The summed E-state index contributed by atoms with van der Waals surface area (Å²) >= 11 is 6.34. The Balaban J connectivity index is 1.94. The van der Waals surface area contributed by atoms with Gasteiger partial charge in [-0.25, -0.2) is 0 Å². The van der Waals surface area contributed by atoms with Crippen LogP contribution in [0.5, 0.6) is 0 Å². The lowest BCUT2D eigenvalue weighted by molar-refractivity contribution is 0.597. The number of aryl methyl sites for hydroxylation is 1. The van der Waals surface area contributed by atoms with Crippen molar-refractivity contribution in [3.63, 3.8) is 0 Å². The zero-order valence-corrected chi connectivity index (χ0v) is 14.2. The van der Waals surface area contributed by atoms with Gasteiger partial charge < -0.3 is 4.55 Å². The van der Waals surface area contributed by atoms with Crippen LogP contribution in [0.2, 0.25) is 5.02 Å². The fourth-order valence-corrected chi connectivity index (χ4v) is 5.21. The monoisotopic (exact) mass is 362 g/mol. The minimum atomic E-state index is -1.04. The maximum atomic E-state index is 12.4. The highest BCUT2D eigenvalue weighted by Crippen LogP contribution is 2.36. The van der Waals surface area contributed by atoms with E-state index in [1.807, 2.05) is 11.4 Å². The molecule has 116 valence electrons. The molecule has 4 nitrogen and oxygen atoms in total. The second-order valence-electron chi connectivity index (χ2n) is 5.17. The predicted octanol–water partition coefficient (Wildman–Crippen LogP) is 3.28. The molecule has 3 aromatic rings. The van der Waals surface area contributed by atoms with Gasteiger partial charge in [-0.05, 0) is 52.5 Å². The number of rotatable bonds is 1. The van der Waals surface area contributed by atoms with Gasteiger partial charge in [-0.2, -0.15) is 9.78 Å². The van der Waals surface area contributed by atoms with Crippen molar-refractivity contribution in [2.75, 3.05) is 5.75 Å². The van der Waals surface area contributed by atoms with Crippen LogP contribution in [0.1, 0.15) is 5.56 Å². The van der Waals surface area contributed by atoms with Gasteiger partial charge >= 0.3 is 0 Å². The second-order valence-corrected chi connectivity index (χ2v) is 8.28. The standard InChI is InChI=1S/C16H11ClN2O2S2/c17-11-1-3-12(4-2-11)19-14(20)9-10-6-8-23(21)16-13(5-7-22-16)15(10)18-19/h1-5,7,9H,6,8H2. The van der Waals surface area contributed by atoms with Crippen LogP contribution in [-0.2, 0) is 17.6 Å². The van der Waals surface area contributed by atoms with E-state index in [0.717, 1.165) is 21.0 Å². The van der Waals surface area contributed by atoms with E-state index in [0.29, 0.717) is 22.9 Å². The molecule has 3 heterocycles. The van der Waals surface area contributed by atoms with E-state index in [2.05, 4.69) is 5.10 Å². The zero-order valence-electron chi connectivity index (χ0n) is 11.9. The number of thiophene rings is 1. The van der Waals surface area contributed by atoms with Crippen LogP contribution in [0.3, 0.4) is 0 Å². The van der Waals surface area contributed by atoms with Crippen molar-refractivity contribution in [1.82, 2.24) is 9.78 Å². The molecule has 0 N–H and O–H groups in total. The van der Waals surface area contributed by atoms with Crippen molar-refractivity contribution in [2.24, 2.45) is 0 Å². The van der Waals surface area contributed by atoms with E-state index < -0.39 is 11.2 Å². The van der Waals surface area contributed by atoms with Gasteiger partial charge in [0.1, 0.15) is 11.4 Å². The molecule has 1 atom stereocenters. The molecule has 0 spiro atoms. The SMILES string of the molecule is O=c1cc2c(nn1-c1ccc(Cl)cc1)-c1ccsc1[S+]([O-])CC2. The largest absolute Gasteiger partial charge is 0.611 e. The lowest BCUT2D eigenvalue weighted by atomic mass is 10.1. The van der Waals surface area contributed by atoms with Gasteiger partial charge in [0.05, 0.1) is 11.3 Å². The highest BCUT2D eigenvalue weighted by molar-refractivity contribution is 7.93. The molecule has 1 aliphatic rings. The predicted molar refractivity (Wildman–Crippen MR) is 93.1 cm³/mol. The normalized spacial score (nSPS) is 16.5. The molecule has 23 heavy (non-hydrogen) atoms. The Kier molecular flexibility index (Phi) is 3.77. The average molecular weight is 363 g/mol. The molecule has 1 aliphatic heterocycles. The highest BCUT2D eigenvalue weighted by atomic mass is 35.5. The fourth-order valence-electron chi connectivity index (χ4n) is 2.62. The summed E-state index contributed by atoms with van der Waals surface area (Å²) in [5, 5.41) is 7.07. The summed E-state index contributed by atoms with van der Waals surface area (Å²) in [5.41, 5.74) is 2.91. The van der Waals surface area contributed by atoms with E-state index in [-0.39, 0.29) is 5.56 Å². The van der Waals surface area contributed by atoms with Crippen LogP contribution in [-0.4, -0.2) is 20.1 Å². The Morgan fingerprint density at radius 2 is 2.04 bits per heavy atom. The Morgan fingerprint density at radius 3 is 2.83 bits per heavy atom. The molecule has 0 saturated heterocycles. The molecule has 7 heteroatoms. The van der Waals surface area contributed by atoms with Crippen molar-refractivity contribution in [1.29, 1.82) is 0 Å². The summed E-state index contributed by atoms with van der Waals surface area (Å²) in [6, 6.07) is 10.5. The van der Waals surface area contributed by atoms with Crippen LogP contribution in [0, 0.1) is 0 Å². The topological polar surface area (TPSA) is 58.0 Å². The van der Waals surface area contributed by atoms with Gasteiger partial charge in [-0.1, -0.05) is 22.9 Å². The molecule has 0 amide bonds. The van der Waals surface area contributed by atoms with Crippen LogP contribution in [0.4, 0.5) is 0 Å². The van der Waals surface area contributed by atoms with Gasteiger partial charge in [0.2, 0.25) is 4.21 Å². The third-order valence-corrected chi connectivity index (χ3v) is 6.74. The Morgan fingerprint density at radius 1 is 1.26 bits per heavy atom. The van der Waals surface area contributed by atoms with E-state index in [1.165, 1.54) is 16.0 Å². The number of hydrogen-bond acceptors (Lipinski definition) is 4. The van der Waals surface area contributed by atoms with Crippen LogP contribution in [0.25, 0.3) is 16.9 Å². The van der Waals surface area contributed by atoms with Crippen LogP contribution < -0.4 is 5.56 Å². The number of nitrogens with zero attached hydrogens (tertiary/aromatic N) is 2. The maximum absolute atomic E-state index is 12.4. The third kappa shape index (κ3) is 2.61. The summed E-state index contributed by atoms with van der Waals surface area (Å²) in [6.07, 6.45) is 0.590. The van der Waals surface area contributed by atoms with Gasteiger partial charge in [0.15, 0.2) is 0 Å². The van der Waals surface area contributed by atoms with E-state index in [4.69, 9.17) is 11.6 Å². The minimum absolute atomic E-state index is 0.199. The fraction of sp³-hybridized carbons (Fsp3) is 0.125. The molecular formula is C16H11ClN2O2S2. The van der Waals surface area contributed by atoms with Gasteiger partial charge in [-0.15, -0.1) is 0 Å². The first-order chi connectivity index (χ1) is 11.1. The summed E-state index contributed by atoms with van der Waals surface area (Å²) in [6.45, 7) is 0. The molecule has 2 aromatic heterocycles. The van der Waals surface area contributed by atoms with Gasteiger partial charge in [-0.3, -0.25) is 4.79 Å². The summed E-state index contributed by atoms with van der Waals surface area (Å²) in [5.74, 6) is 0.520. The molecule has 4 rings (SSSR count). The molecule has 0 radical (unpaired) electrons. The number of halogens is 1. The molecule has 1 unspecified atom stereocenters. The van der Waals surface area contributed by atoms with Gasteiger partial charge in [0, 0.05) is 17.5 Å². The smallest absolute Gasteiger partial charge is 0.271 e. The van der Waals surface area contributed by atoms with Crippen molar-refractivity contribution >= 4 is 34.1 Å².